The van der Waals surface area contributed by atoms with Gasteiger partial charge in [0.25, 0.3) is 0 Å². The van der Waals surface area contributed by atoms with Crippen molar-refractivity contribution in [2.45, 2.75) is 33.4 Å². The molecule has 0 heterocycles. The standard InChI is InChI=1S/C18H27NO5/c1-14(2)12-24-17(20)15(3)19(4)18(21)23-11-10-22-13-16-8-6-5-7-9-16/h5-9,14-15H,10-13H2,1-4H3. The number of likely N-dealkylation sites (N-methyl/N-ethyl adjacent to an activating group) is 1. The number of rotatable bonds is 9. The van der Waals surface area contributed by atoms with Crippen molar-refractivity contribution >= 4 is 12.1 Å². The minimum Gasteiger partial charge on any atom is -0.464 e. The molecule has 134 valence electrons. The normalized spacial score (nSPS) is 11.9. The summed E-state index contributed by atoms with van der Waals surface area (Å²) in [7, 11) is 1.51. The van der Waals surface area contributed by atoms with Gasteiger partial charge in [0.2, 0.25) is 0 Å². The fourth-order valence-corrected chi connectivity index (χ4v) is 1.74. The molecule has 6 heteroatoms. The summed E-state index contributed by atoms with van der Waals surface area (Å²) in [6.45, 7) is 6.72. The zero-order chi connectivity index (χ0) is 17.9. The van der Waals surface area contributed by atoms with E-state index in [0.29, 0.717) is 19.8 Å². The highest BCUT2D eigenvalue weighted by Gasteiger charge is 2.24. The van der Waals surface area contributed by atoms with E-state index in [2.05, 4.69) is 0 Å². The third-order valence-electron chi connectivity index (χ3n) is 3.33. The predicted molar refractivity (Wildman–Crippen MR) is 90.5 cm³/mol. The highest BCUT2D eigenvalue weighted by Crippen LogP contribution is 2.04. The molecule has 1 aromatic rings. The Hall–Kier alpha value is -2.08. The van der Waals surface area contributed by atoms with Gasteiger partial charge in [0.05, 0.1) is 19.8 Å². The molecule has 6 nitrogen and oxygen atoms in total. The van der Waals surface area contributed by atoms with Crippen LogP contribution < -0.4 is 0 Å². The van der Waals surface area contributed by atoms with Gasteiger partial charge in [0.1, 0.15) is 12.6 Å². The summed E-state index contributed by atoms with van der Waals surface area (Å²) < 4.78 is 15.6. The fourth-order valence-electron chi connectivity index (χ4n) is 1.74. The Morgan fingerprint density at radius 3 is 2.33 bits per heavy atom. The number of benzene rings is 1. The van der Waals surface area contributed by atoms with E-state index < -0.39 is 18.1 Å². The fraction of sp³-hybridized carbons (Fsp3) is 0.556. The number of amides is 1. The highest BCUT2D eigenvalue weighted by molar-refractivity contribution is 5.80. The van der Waals surface area contributed by atoms with E-state index in [1.807, 2.05) is 44.2 Å². The van der Waals surface area contributed by atoms with Gasteiger partial charge in [-0.25, -0.2) is 9.59 Å². The van der Waals surface area contributed by atoms with Gasteiger partial charge in [0, 0.05) is 7.05 Å². The van der Waals surface area contributed by atoms with Gasteiger partial charge in [-0.05, 0) is 18.4 Å². The lowest BCUT2D eigenvalue weighted by molar-refractivity contribution is -0.149. The zero-order valence-corrected chi connectivity index (χ0v) is 14.9. The van der Waals surface area contributed by atoms with Crippen LogP contribution >= 0.6 is 0 Å². The van der Waals surface area contributed by atoms with E-state index in [4.69, 9.17) is 14.2 Å². The van der Waals surface area contributed by atoms with Gasteiger partial charge in [-0.3, -0.25) is 4.90 Å². The van der Waals surface area contributed by atoms with Crippen LogP contribution in [0.3, 0.4) is 0 Å². The Kier molecular flexibility index (Phi) is 8.86. The third-order valence-corrected chi connectivity index (χ3v) is 3.33. The Labute approximate surface area is 143 Å². The second-order valence-electron chi connectivity index (χ2n) is 5.96. The minimum atomic E-state index is -0.693. The second-order valence-corrected chi connectivity index (χ2v) is 5.96. The van der Waals surface area contributed by atoms with E-state index in [1.165, 1.54) is 11.9 Å². The second kappa shape index (κ2) is 10.6. The topological polar surface area (TPSA) is 65.1 Å². The van der Waals surface area contributed by atoms with Crippen molar-refractivity contribution in [3.63, 3.8) is 0 Å². The average molecular weight is 337 g/mol. The number of esters is 1. The number of carbonyl (C=O) groups is 2. The van der Waals surface area contributed by atoms with Crippen LogP contribution in [0, 0.1) is 5.92 Å². The molecular weight excluding hydrogens is 310 g/mol. The summed E-state index contributed by atoms with van der Waals surface area (Å²) in [6, 6.07) is 9.05. The first-order chi connectivity index (χ1) is 11.4. The molecule has 0 bridgehead atoms. The molecule has 0 spiro atoms. The lowest BCUT2D eigenvalue weighted by atomic mass is 10.2. The van der Waals surface area contributed by atoms with Gasteiger partial charge in [-0.15, -0.1) is 0 Å². The molecule has 0 radical (unpaired) electrons. The first-order valence-electron chi connectivity index (χ1n) is 8.09. The molecule has 0 aliphatic rings. The molecular formula is C18H27NO5. The van der Waals surface area contributed by atoms with E-state index in [0.717, 1.165) is 5.56 Å². The maximum absolute atomic E-state index is 11.9. The molecule has 0 N–H and O–H groups in total. The Morgan fingerprint density at radius 2 is 1.71 bits per heavy atom. The van der Waals surface area contributed by atoms with Crippen LogP contribution in [-0.4, -0.2) is 49.9 Å². The maximum Gasteiger partial charge on any atom is 0.410 e. The molecule has 0 aliphatic carbocycles. The van der Waals surface area contributed by atoms with Crippen molar-refractivity contribution in [3.05, 3.63) is 35.9 Å². The van der Waals surface area contributed by atoms with Crippen molar-refractivity contribution in [1.82, 2.24) is 4.90 Å². The average Bonchev–Trinajstić information content (AvgIpc) is 2.58. The summed E-state index contributed by atoms with van der Waals surface area (Å²) in [4.78, 5) is 25.0. The van der Waals surface area contributed by atoms with E-state index >= 15 is 0 Å². The Balaban J connectivity index is 2.22. The SMILES string of the molecule is CC(C)COC(=O)C(C)N(C)C(=O)OCCOCc1ccccc1. The summed E-state index contributed by atoms with van der Waals surface area (Å²) in [5, 5.41) is 0. The van der Waals surface area contributed by atoms with Gasteiger partial charge < -0.3 is 14.2 Å². The molecule has 0 saturated carbocycles. The highest BCUT2D eigenvalue weighted by atomic mass is 16.6. The maximum atomic E-state index is 11.9. The van der Waals surface area contributed by atoms with Crippen LogP contribution in [0.5, 0.6) is 0 Å². The minimum absolute atomic E-state index is 0.129. The van der Waals surface area contributed by atoms with Crippen molar-refractivity contribution in [1.29, 1.82) is 0 Å². The van der Waals surface area contributed by atoms with Crippen molar-refractivity contribution in [2.24, 2.45) is 5.92 Å². The smallest absolute Gasteiger partial charge is 0.410 e. The molecule has 1 amide bonds. The summed E-state index contributed by atoms with van der Waals surface area (Å²) in [5.74, 6) is -0.191. The van der Waals surface area contributed by atoms with Crippen LogP contribution in [0.4, 0.5) is 4.79 Å². The zero-order valence-electron chi connectivity index (χ0n) is 14.9. The predicted octanol–water partition coefficient (Wildman–Crippen LogP) is 2.86. The summed E-state index contributed by atoms with van der Waals surface area (Å²) in [6.07, 6.45) is -0.577. The largest absolute Gasteiger partial charge is 0.464 e. The lowest BCUT2D eigenvalue weighted by Crippen LogP contribution is -2.42. The van der Waals surface area contributed by atoms with Gasteiger partial charge in [0.15, 0.2) is 0 Å². The monoisotopic (exact) mass is 337 g/mol. The number of hydrogen-bond donors (Lipinski definition) is 0. The van der Waals surface area contributed by atoms with Crippen molar-refractivity contribution in [2.75, 3.05) is 26.9 Å². The summed E-state index contributed by atoms with van der Waals surface area (Å²) >= 11 is 0. The Morgan fingerprint density at radius 1 is 1.04 bits per heavy atom. The molecule has 24 heavy (non-hydrogen) atoms. The summed E-state index contributed by atoms with van der Waals surface area (Å²) in [5.41, 5.74) is 1.06. The molecule has 1 rings (SSSR count). The van der Waals surface area contributed by atoms with Gasteiger partial charge >= 0.3 is 12.1 Å². The quantitative estimate of drug-likeness (QED) is 0.512. The number of nitrogens with zero attached hydrogens (tertiary/aromatic N) is 1. The van der Waals surface area contributed by atoms with E-state index in [9.17, 15) is 9.59 Å². The third kappa shape index (κ3) is 7.46. The van der Waals surface area contributed by atoms with Crippen LogP contribution in [0.1, 0.15) is 26.3 Å². The molecule has 1 aromatic carbocycles. The van der Waals surface area contributed by atoms with Crippen LogP contribution in [0.25, 0.3) is 0 Å². The molecule has 1 unspecified atom stereocenters. The van der Waals surface area contributed by atoms with Crippen molar-refractivity contribution < 1.29 is 23.8 Å². The van der Waals surface area contributed by atoms with E-state index in [1.54, 1.807) is 6.92 Å². The molecule has 0 saturated heterocycles. The molecule has 0 aliphatic heterocycles. The van der Waals surface area contributed by atoms with Crippen molar-refractivity contribution in [3.8, 4) is 0 Å². The van der Waals surface area contributed by atoms with Crippen LogP contribution in [-0.2, 0) is 25.6 Å². The van der Waals surface area contributed by atoms with Crippen LogP contribution in [0.2, 0.25) is 0 Å². The van der Waals surface area contributed by atoms with Gasteiger partial charge in [-0.1, -0.05) is 44.2 Å². The Bertz CT molecular complexity index is 503. The molecule has 0 fully saturated rings. The van der Waals surface area contributed by atoms with E-state index in [-0.39, 0.29) is 12.5 Å². The number of carbonyl (C=O) groups excluding carboxylic acids is 2. The number of ether oxygens (including phenoxy) is 3. The first kappa shape index (κ1) is 20.0. The molecule has 1 atom stereocenters. The molecule has 0 aromatic heterocycles. The number of hydrogen-bond acceptors (Lipinski definition) is 5. The van der Waals surface area contributed by atoms with Crippen LogP contribution in [0.15, 0.2) is 30.3 Å². The van der Waals surface area contributed by atoms with Gasteiger partial charge in [-0.2, -0.15) is 0 Å². The lowest BCUT2D eigenvalue weighted by Gasteiger charge is -2.23. The first-order valence-corrected chi connectivity index (χ1v) is 8.09.